The number of carbonyl (C=O) groups is 1. The summed E-state index contributed by atoms with van der Waals surface area (Å²) in [7, 11) is 0. The van der Waals surface area contributed by atoms with Crippen LogP contribution in [0, 0.1) is 5.41 Å². The maximum Gasteiger partial charge on any atom is 0.315 e. The number of hydrogen-bond acceptors (Lipinski definition) is 2. The van der Waals surface area contributed by atoms with Crippen molar-refractivity contribution in [2.24, 2.45) is 11.1 Å². The maximum atomic E-state index is 11.4. The average molecular weight is 197 g/mol. The third-order valence-electron chi connectivity index (χ3n) is 3.56. The van der Waals surface area contributed by atoms with Gasteiger partial charge in [-0.3, -0.25) is 0 Å². The molecule has 2 aliphatic carbocycles. The number of nitrogens with two attached hydrogens (primary N) is 1. The Labute approximate surface area is 84.6 Å². The van der Waals surface area contributed by atoms with Crippen LogP contribution in [0.4, 0.5) is 4.79 Å². The van der Waals surface area contributed by atoms with E-state index >= 15 is 0 Å². The standard InChI is InChI=1S/C10H19N3O/c1-10(2)7(11)5-8(10)13-9(14)12-6-3-4-6/h6-8H,3-5,11H2,1-2H3,(H2,12,13,14). The third kappa shape index (κ3) is 1.71. The fourth-order valence-electron chi connectivity index (χ4n) is 1.82. The van der Waals surface area contributed by atoms with Crippen LogP contribution in [0.15, 0.2) is 0 Å². The molecule has 2 fully saturated rings. The highest BCUT2D eigenvalue weighted by atomic mass is 16.2. The molecule has 14 heavy (non-hydrogen) atoms. The first-order chi connectivity index (χ1) is 6.50. The molecule has 0 bridgehead atoms. The molecule has 0 radical (unpaired) electrons. The van der Waals surface area contributed by atoms with Gasteiger partial charge in [-0.15, -0.1) is 0 Å². The lowest BCUT2D eigenvalue weighted by atomic mass is 9.63. The SMILES string of the molecule is CC1(C)C(N)CC1NC(=O)NC1CC1. The number of rotatable bonds is 2. The summed E-state index contributed by atoms with van der Waals surface area (Å²) in [5, 5.41) is 5.89. The second-order valence-electron chi connectivity index (χ2n) is 5.11. The average Bonchev–Trinajstić information content (AvgIpc) is 2.88. The van der Waals surface area contributed by atoms with Gasteiger partial charge in [0, 0.05) is 23.5 Å². The summed E-state index contributed by atoms with van der Waals surface area (Å²) in [5.74, 6) is 0. The molecule has 2 atom stereocenters. The maximum absolute atomic E-state index is 11.4. The number of urea groups is 1. The second kappa shape index (κ2) is 3.12. The molecule has 80 valence electrons. The van der Waals surface area contributed by atoms with Gasteiger partial charge in [0.05, 0.1) is 0 Å². The van der Waals surface area contributed by atoms with Crippen LogP contribution in [-0.2, 0) is 0 Å². The summed E-state index contributed by atoms with van der Waals surface area (Å²) in [5.41, 5.74) is 5.91. The van der Waals surface area contributed by atoms with Crippen molar-refractivity contribution in [1.29, 1.82) is 0 Å². The van der Waals surface area contributed by atoms with Crippen molar-refractivity contribution in [3.05, 3.63) is 0 Å². The van der Waals surface area contributed by atoms with Gasteiger partial charge in [-0.05, 0) is 19.3 Å². The van der Waals surface area contributed by atoms with Crippen LogP contribution < -0.4 is 16.4 Å². The van der Waals surface area contributed by atoms with Crippen LogP contribution in [0.2, 0.25) is 0 Å². The fourth-order valence-corrected chi connectivity index (χ4v) is 1.82. The highest BCUT2D eigenvalue weighted by molar-refractivity contribution is 5.75. The Balaban J connectivity index is 1.77. The molecular formula is C10H19N3O. The minimum Gasteiger partial charge on any atom is -0.335 e. The molecule has 2 amide bonds. The summed E-state index contributed by atoms with van der Waals surface area (Å²) in [4.78, 5) is 11.4. The van der Waals surface area contributed by atoms with E-state index in [1.165, 1.54) is 0 Å². The van der Waals surface area contributed by atoms with Gasteiger partial charge in [0.2, 0.25) is 0 Å². The van der Waals surface area contributed by atoms with E-state index < -0.39 is 0 Å². The van der Waals surface area contributed by atoms with Crippen LogP contribution in [0.3, 0.4) is 0 Å². The molecule has 2 unspecified atom stereocenters. The molecule has 4 N–H and O–H groups in total. The van der Waals surface area contributed by atoms with Crippen LogP contribution in [0.5, 0.6) is 0 Å². The van der Waals surface area contributed by atoms with Gasteiger partial charge in [0.1, 0.15) is 0 Å². The van der Waals surface area contributed by atoms with Crippen LogP contribution in [-0.4, -0.2) is 24.2 Å². The first kappa shape index (κ1) is 9.77. The zero-order chi connectivity index (χ0) is 10.3. The molecule has 0 aromatic rings. The van der Waals surface area contributed by atoms with E-state index in [1.807, 2.05) is 0 Å². The smallest absolute Gasteiger partial charge is 0.315 e. The summed E-state index contributed by atoms with van der Waals surface area (Å²) in [6.45, 7) is 4.20. The van der Waals surface area contributed by atoms with Crippen molar-refractivity contribution in [1.82, 2.24) is 10.6 Å². The van der Waals surface area contributed by atoms with Crippen LogP contribution >= 0.6 is 0 Å². The first-order valence-electron chi connectivity index (χ1n) is 5.33. The Hall–Kier alpha value is -0.770. The minimum absolute atomic E-state index is 0.0301. The minimum atomic E-state index is -0.0301. The van der Waals surface area contributed by atoms with Crippen molar-refractivity contribution in [3.63, 3.8) is 0 Å². The quantitative estimate of drug-likeness (QED) is 0.606. The topological polar surface area (TPSA) is 67.1 Å². The number of hydrogen-bond donors (Lipinski definition) is 3. The number of amides is 2. The molecule has 0 aliphatic heterocycles. The van der Waals surface area contributed by atoms with E-state index in [4.69, 9.17) is 5.73 Å². The molecule has 4 heteroatoms. The zero-order valence-corrected chi connectivity index (χ0v) is 8.84. The summed E-state index contributed by atoms with van der Waals surface area (Å²) in [6, 6.07) is 0.842. The van der Waals surface area contributed by atoms with Gasteiger partial charge in [-0.2, -0.15) is 0 Å². The molecular weight excluding hydrogens is 178 g/mol. The largest absolute Gasteiger partial charge is 0.335 e. The van der Waals surface area contributed by atoms with Crippen molar-refractivity contribution in [2.45, 2.75) is 51.2 Å². The summed E-state index contributed by atoms with van der Waals surface area (Å²) < 4.78 is 0. The van der Waals surface area contributed by atoms with E-state index in [2.05, 4.69) is 24.5 Å². The lowest BCUT2D eigenvalue weighted by Crippen LogP contribution is -2.65. The van der Waals surface area contributed by atoms with Crippen LogP contribution in [0.25, 0.3) is 0 Å². The second-order valence-corrected chi connectivity index (χ2v) is 5.11. The Kier molecular flexibility index (Phi) is 2.18. The van der Waals surface area contributed by atoms with E-state index in [0.29, 0.717) is 6.04 Å². The third-order valence-corrected chi connectivity index (χ3v) is 3.56. The molecule has 4 nitrogen and oxygen atoms in total. The van der Waals surface area contributed by atoms with Crippen molar-refractivity contribution >= 4 is 6.03 Å². The highest BCUT2D eigenvalue weighted by Gasteiger charge is 2.46. The summed E-state index contributed by atoms with van der Waals surface area (Å²) in [6.07, 6.45) is 3.15. The molecule has 2 saturated carbocycles. The van der Waals surface area contributed by atoms with Crippen molar-refractivity contribution in [3.8, 4) is 0 Å². The first-order valence-corrected chi connectivity index (χ1v) is 5.33. The van der Waals surface area contributed by atoms with E-state index in [-0.39, 0.29) is 23.5 Å². The molecule has 0 heterocycles. The normalized spacial score (nSPS) is 34.5. The Morgan fingerprint density at radius 1 is 1.36 bits per heavy atom. The predicted octanol–water partition coefficient (Wildman–Crippen LogP) is 0.574. The zero-order valence-electron chi connectivity index (χ0n) is 8.84. The van der Waals surface area contributed by atoms with Gasteiger partial charge >= 0.3 is 6.03 Å². The molecule has 2 aliphatic rings. The van der Waals surface area contributed by atoms with E-state index in [9.17, 15) is 4.79 Å². The van der Waals surface area contributed by atoms with Gasteiger partial charge in [0.25, 0.3) is 0 Å². The van der Waals surface area contributed by atoms with Crippen molar-refractivity contribution in [2.75, 3.05) is 0 Å². The molecule has 0 spiro atoms. The van der Waals surface area contributed by atoms with Gasteiger partial charge in [0.15, 0.2) is 0 Å². The van der Waals surface area contributed by atoms with E-state index in [0.717, 1.165) is 19.3 Å². The summed E-state index contributed by atoms with van der Waals surface area (Å²) >= 11 is 0. The Morgan fingerprint density at radius 2 is 2.00 bits per heavy atom. The lowest BCUT2D eigenvalue weighted by Gasteiger charge is -2.50. The van der Waals surface area contributed by atoms with E-state index in [1.54, 1.807) is 0 Å². The molecule has 0 aromatic heterocycles. The number of carbonyl (C=O) groups excluding carboxylic acids is 1. The fraction of sp³-hybridized carbons (Fsp3) is 0.900. The highest BCUT2D eigenvalue weighted by Crippen LogP contribution is 2.38. The Morgan fingerprint density at radius 3 is 2.43 bits per heavy atom. The predicted molar refractivity (Wildman–Crippen MR) is 54.9 cm³/mol. The number of nitrogens with one attached hydrogen (secondary N) is 2. The van der Waals surface area contributed by atoms with Crippen molar-refractivity contribution < 1.29 is 4.79 Å². The molecule has 2 rings (SSSR count). The van der Waals surface area contributed by atoms with Crippen LogP contribution in [0.1, 0.15) is 33.1 Å². The molecule has 0 saturated heterocycles. The monoisotopic (exact) mass is 197 g/mol. The lowest BCUT2D eigenvalue weighted by molar-refractivity contribution is 0.0797. The molecule has 0 aromatic carbocycles. The van der Waals surface area contributed by atoms with Gasteiger partial charge in [-0.25, -0.2) is 4.79 Å². The Bertz CT molecular complexity index is 248. The van der Waals surface area contributed by atoms with Gasteiger partial charge in [-0.1, -0.05) is 13.8 Å². The van der Waals surface area contributed by atoms with Gasteiger partial charge < -0.3 is 16.4 Å².